The van der Waals surface area contributed by atoms with Crippen LogP contribution in [0, 0.1) is 17.2 Å². The van der Waals surface area contributed by atoms with E-state index in [1.54, 1.807) is 7.05 Å². The molecular formula is C19H26FNO2. The van der Waals surface area contributed by atoms with E-state index < -0.39 is 5.41 Å². The van der Waals surface area contributed by atoms with Crippen molar-refractivity contribution in [3.63, 3.8) is 0 Å². The van der Waals surface area contributed by atoms with Crippen LogP contribution in [0.15, 0.2) is 24.3 Å². The van der Waals surface area contributed by atoms with Crippen LogP contribution in [0.3, 0.4) is 0 Å². The summed E-state index contributed by atoms with van der Waals surface area (Å²) in [6, 6.07) is 5.45. The summed E-state index contributed by atoms with van der Waals surface area (Å²) in [6.45, 7) is 4.01. The summed E-state index contributed by atoms with van der Waals surface area (Å²) in [5.74, 6) is -0.142. The largest absolute Gasteiger partial charge is 0.338 e. The van der Waals surface area contributed by atoms with Crippen molar-refractivity contribution in [2.24, 2.45) is 11.3 Å². The normalized spacial score (nSPS) is 16.2. The maximum atomic E-state index is 12.9. The summed E-state index contributed by atoms with van der Waals surface area (Å²) in [5.41, 5.74) is -0.0142. The van der Waals surface area contributed by atoms with Gasteiger partial charge >= 0.3 is 0 Å². The van der Waals surface area contributed by atoms with Gasteiger partial charge in [-0.2, -0.15) is 0 Å². The fraction of sp³-hybridized carbons (Fsp3) is 0.579. The maximum absolute atomic E-state index is 12.9. The van der Waals surface area contributed by atoms with E-state index in [-0.39, 0.29) is 24.1 Å². The Morgan fingerprint density at radius 3 is 2.26 bits per heavy atom. The molecule has 0 unspecified atom stereocenters. The molecule has 0 radical (unpaired) electrons. The zero-order chi connectivity index (χ0) is 17.0. The Bertz CT molecular complexity index is 559. The summed E-state index contributed by atoms with van der Waals surface area (Å²) in [7, 11) is 1.67. The molecule has 0 aromatic heterocycles. The first kappa shape index (κ1) is 17.6. The minimum absolute atomic E-state index is 0.0138. The molecule has 4 heteroatoms. The van der Waals surface area contributed by atoms with Crippen LogP contribution in [-0.4, -0.2) is 30.2 Å². The molecule has 0 saturated heterocycles. The number of benzene rings is 1. The Morgan fingerprint density at radius 1 is 1.13 bits per heavy atom. The van der Waals surface area contributed by atoms with E-state index in [4.69, 9.17) is 0 Å². The Labute approximate surface area is 137 Å². The lowest BCUT2D eigenvalue weighted by Crippen LogP contribution is -2.45. The number of Topliss-reactive ketones (excluding diaryl/α,β-unsaturated/α-hetero) is 1. The molecule has 23 heavy (non-hydrogen) atoms. The summed E-state index contributed by atoms with van der Waals surface area (Å²) >= 11 is 0. The average Bonchev–Trinajstić information content (AvgIpc) is 2.55. The molecule has 126 valence electrons. The third-order valence-corrected chi connectivity index (χ3v) is 5.07. The zero-order valence-electron chi connectivity index (χ0n) is 14.3. The van der Waals surface area contributed by atoms with E-state index in [2.05, 4.69) is 0 Å². The van der Waals surface area contributed by atoms with Crippen molar-refractivity contribution in [2.45, 2.75) is 46.0 Å². The van der Waals surface area contributed by atoms with Gasteiger partial charge in [0.25, 0.3) is 0 Å². The van der Waals surface area contributed by atoms with Gasteiger partial charge in [0.2, 0.25) is 5.91 Å². The van der Waals surface area contributed by atoms with Crippen molar-refractivity contribution in [2.75, 3.05) is 13.6 Å². The molecule has 0 N–H and O–H groups in total. The van der Waals surface area contributed by atoms with Gasteiger partial charge in [0.05, 0.1) is 6.54 Å². The van der Waals surface area contributed by atoms with Crippen LogP contribution in [0.25, 0.3) is 0 Å². The number of ketones is 1. The summed E-state index contributed by atoms with van der Waals surface area (Å²) in [5, 5.41) is 0. The van der Waals surface area contributed by atoms with Gasteiger partial charge in [-0.1, -0.05) is 33.1 Å². The van der Waals surface area contributed by atoms with Crippen LogP contribution in [-0.2, 0) is 4.79 Å². The monoisotopic (exact) mass is 319 g/mol. The molecular weight excluding hydrogens is 293 g/mol. The number of amides is 1. The van der Waals surface area contributed by atoms with Crippen molar-refractivity contribution < 1.29 is 14.0 Å². The number of likely N-dealkylation sites (N-methyl/N-ethyl adjacent to an activating group) is 1. The van der Waals surface area contributed by atoms with E-state index in [1.165, 1.54) is 48.4 Å². The van der Waals surface area contributed by atoms with Gasteiger partial charge in [-0.15, -0.1) is 0 Å². The molecule has 0 atom stereocenters. The average molecular weight is 319 g/mol. The van der Waals surface area contributed by atoms with Crippen LogP contribution in [0.1, 0.15) is 56.3 Å². The quantitative estimate of drug-likeness (QED) is 0.767. The molecule has 1 aliphatic rings. The number of halogens is 1. The number of carbonyl (C=O) groups is 2. The Hall–Kier alpha value is -1.71. The van der Waals surface area contributed by atoms with Gasteiger partial charge < -0.3 is 4.90 Å². The summed E-state index contributed by atoms with van der Waals surface area (Å²) in [6.07, 6.45) is 5.77. The Morgan fingerprint density at radius 2 is 1.70 bits per heavy atom. The standard InChI is InChI=1S/C19H26FNO2/c1-19(2,15-7-5-4-6-8-15)18(23)21(3)13-17(22)14-9-11-16(20)12-10-14/h9-12,15H,4-8,13H2,1-3H3. The molecule has 0 bridgehead atoms. The highest BCUT2D eigenvalue weighted by atomic mass is 19.1. The maximum Gasteiger partial charge on any atom is 0.228 e. The molecule has 0 aliphatic heterocycles. The number of hydrogen-bond donors (Lipinski definition) is 0. The van der Waals surface area contributed by atoms with Gasteiger partial charge in [-0.3, -0.25) is 9.59 Å². The fourth-order valence-corrected chi connectivity index (χ4v) is 3.51. The third kappa shape index (κ3) is 4.18. The van der Waals surface area contributed by atoms with Crippen LogP contribution in [0.2, 0.25) is 0 Å². The lowest BCUT2D eigenvalue weighted by molar-refractivity contribution is -0.142. The van der Waals surface area contributed by atoms with E-state index >= 15 is 0 Å². The fourth-order valence-electron chi connectivity index (χ4n) is 3.51. The first-order chi connectivity index (χ1) is 10.8. The Kier molecular flexibility index (Phi) is 5.55. The molecule has 2 rings (SSSR count). The first-order valence-corrected chi connectivity index (χ1v) is 8.36. The Balaban J connectivity index is 2.01. The highest BCUT2D eigenvalue weighted by Crippen LogP contribution is 2.39. The number of hydrogen-bond acceptors (Lipinski definition) is 2. The van der Waals surface area contributed by atoms with Gasteiger partial charge in [-0.25, -0.2) is 4.39 Å². The predicted molar refractivity (Wildman–Crippen MR) is 88.7 cm³/mol. The van der Waals surface area contributed by atoms with Crippen LogP contribution < -0.4 is 0 Å². The molecule has 1 aliphatic carbocycles. The van der Waals surface area contributed by atoms with Crippen molar-refractivity contribution >= 4 is 11.7 Å². The second-order valence-corrected chi connectivity index (χ2v) is 7.15. The highest BCUT2D eigenvalue weighted by molar-refractivity contribution is 5.99. The van der Waals surface area contributed by atoms with Crippen molar-refractivity contribution in [1.82, 2.24) is 4.90 Å². The molecule has 3 nitrogen and oxygen atoms in total. The van der Waals surface area contributed by atoms with E-state index in [1.807, 2.05) is 13.8 Å². The van der Waals surface area contributed by atoms with Gasteiger partial charge in [0, 0.05) is 18.0 Å². The molecule has 1 fully saturated rings. The number of rotatable bonds is 5. The summed E-state index contributed by atoms with van der Waals surface area (Å²) in [4.78, 5) is 26.6. The number of nitrogens with zero attached hydrogens (tertiary/aromatic N) is 1. The van der Waals surface area contributed by atoms with Gasteiger partial charge in [-0.05, 0) is 43.0 Å². The van der Waals surface area contributed by atoms with Crippen molar-refractivity contribution in [3.05, 3.63) is 35.6 Å². The zero-order valence-corrected chi connectivity index (χ0v) is 14.3. The minimum atomic E-state index is -0.446. The predicted octanol–water partition coefficient (Wildman–Crippen LogP) is 4.07. The second-order valence-electron chi connectivity index (χ2n) is 7.15. The minimum Gasteiger partial charge on any atom is -0.338 e. The van der Waals surface area contributed by atoms with Crippen LogP contribution in [0.5, 0.6) is 0 Å². The van der Waals surface area contributed by atoms with Gasteiger partial charge in [0.1, 0.15) is 5.82 Å². The second kappa shape index (κ2) is 7.24. The summed E-state index contributed by atoms with van der Waals surface area (Å²) < 4.78 is 12.9. The smallest absolute Gasteiger partial charge is 0.228 e. The first-order valence-electron chi connectivity index (χ1n) is 8.36. The molecule has 0 heterocycles. The van der Waals surface area contributed by atoms with E-state index in [0.717, 1.165) is 12.8 Å². The molecule has 1 aromatic carbocycles. The molecule has 1 amide bonds. The molecule has 0 spiro atoms. The number of carbonyl (C=O) groups excluding carboxylic acids is 2. The van der Waals surface area contributed by atoms with Crippen LogP contribution in [0.4, 0.5) is 4.39 Å². The molecule has 1 aromatic rings. The van der Waals surface area contributed by atoms with E-state index in [0.29, 0.717) is 11.5 Å². The van der Waals surface area contributed by atoms with Crippen molar-refractivity contribution in [1.29, 1.82) is 0 Å². The van der Waals surface area contributed by atoms with Crippen LogP contribution >= 0.6 is 0 Å². The van der Waals surface area contributed by atoms with Crippen molar-refractivity contribution in [3.8, 4) is 0 Å². The topological polar surface area (TPSA) is 37.4 Å². The highest BCUT2D eigenvalue weighted by Gasteiger charge is 2.39. The van der Waals surface area contributed by atoms with Gasteiger partial charge in [0.15, 0.2) is 5.78 Å². The lowest BCUT2D eigenvalue weighted by Gasteiger charge is -2.38. The lowest BCUT2D eigenvalue weighted by atomic mass is 9.70. The SMILES string of the molecule is CN(CC(=O)c1ccc(F)cc1)C(=O)C(C)(C)C1CCCCC1. The van der Waals surface area contributed by atoms with E-state index in [9.17, 15) is 14.0 Å². The third-order valence-electron chi connectivity index (χ3n) is 5.07. The molecule has 1 saturated carbocycles.